The average Bonchev–Trinajstić information content (AvgIpc) is 3.18. The van der Waals surface area contributed by atoms with Crippen molar-refractivity contribution >= 4 is 60.8 Å². The summed E-state index contributed by atoms with van der Waals surface area (Å²) in [4.78, 5) is 12.9. The Balaban J connectivity index is 1.36. The van der Waals surface area contributed by atoms with Crippen LogP contribution in [0.15, 0.2) is 100 Å². The normalized spacial score (nSPS) is 11.5. The molecule has 0 fully saturated rings. The van der Waals surface area contributed by atoms with E-state index in [4.69, 9.17) is 16.0 Å². The zero-order valence-electron chi connectivity index (χ0n) is 17.1. The van der Waals surface area contributed by atoms with Gasteiger partial charge in [-0.2, -0.15) is 0 Å². The predicted octanol–water partition coefficient (Wildman–Crippen LogP) is 6.29. The van der Waals surface area contributed by atoms with Crippen molar-refractivity contribution in [1.29, 1.82) is 0 Å². The lowest BCUT2D eigenvalue weighted by Gasteiger charge is -2.11. The standard InChI is InChI=1S/C25H17ClN2O4S/c26-21-14-16(10-13-22(21)28-33(30,31)18-6-2-1-3-7-18)25(29)27-17-11-12-20-19-8-4-5-9-23(19)32-24(20)15-17/h1-15,28H,(H,27,29). The highest BCUT2D eigenvalue weighted by Gasteiger charge is 2.17. The molecular weight excluding hydrogens is 460 g/mol. The van der Waals surface area contributed by atoms with Gasteiger partial charge in [-0.15, -0.1) is 0 Å². The van der Waals surface area contributed by atoms with Crippen molar-refractivity contribution in [3.63, 3.8) is 0 Å². The Morgan fingerprint density at radius 2 is 1.52 bits per heavy atom. The molecule has 0 aliphatic heterocycles. The molecule has 2 N–H and O–H groups in total. The first-order valence-corrected chi connectivity index (χ1v) is 11.9. The first-order valence-electron chi connectivity index (χ1n) is 10.0. The number of hydrogen-bond acceptors (Lipinski definition) is 4. The lowest BCUT2D eigenvalue weighted by atomic mass is 10.1. The molecule has 0 aliphatic rings. The number of benzene rings is 4. The quantitative estimate of drug-likeness (QED) is 0.312. The fourth-order valence-electron chi connectivity index (χ4n) is 3.55. The highest BCUT2D eigenvalue weighted by Crippen LogP contribution is 2.31. The van der Waals surface area contributed by atoms with Crippen LogP contribution < -0.4 is 10.0 Å². The van der Waals surface area contributed by atoms with Gasteiger partial charge in [-0.1, -0.05) is 48.0 Å². The Morgan fingerprint density at radius 1 is 0.788 bits per heavy atom. The third-order valence-electron chi connectivity index (χ3n) is 5.17. The van der Waals surface area contributed by atoms with Crippen molar-refractivity contribution in [1.82, 2.24) is 0 Å². The number of sulfonamides is 1. The number of furan rings is 1. The molecule has 1 amide bonds. The van der Waals surface area contributed by atoms with Crippen LogP contribution in [0.2, 0.25) is 5.02 Å². The Labute approximate surface area is 194 Å². The number of nitrogens with one attached hydrogen (secondary N) is 2. The third-order valence-corrected chi connectivity index (χ3v) is 6.86. The van der Waals surface area contributed by atoms with Gasteiger partial charge < -0.3 is 9.73 Å². The maximum atomic E-state index is 12.8. The van der Waals surface area contributed by atoms with E-state index in [-0.39, 0.29) is 27.1 Å². The van der Waals surface area contributed by atoms with Crippen molar-refractivity contribution in [2.45, 2.75) is 4.90 Å². The van der Waals surface area contributed by atoms with Crippen molar-refractivity contribution in [2.24, 2.45) is 0 Å². The topological polar surface area (TPSA) is 88.4 Å². The molecule has 5 aromatic rings. The number of halogens is 1. The Morgan fingerprint density at radius 3 is 2.30 bits per heavy atom. The summed E-state index contributed by atoms with van der Waals surface area (Å²) in [6.45, 7) is 0. The molecule has 33 heavy (non-hydrogen) atoms. The minimum Gasteiger partial charge on any atom is -0.456 e. The van der Waals surface area contributed by atoms with Crippen LogP contribution in [0, 0.1) is 0 Å². The highest BCUT2D eigenvalue weighted by molar-refractivity contribution is 7.92. The molecule has 6 nitrogen and oxygen atoms in total. The summed E-state index contributed by atoms with van der Waals surface area (Å²) >= 11 is 6.27. The molecule has 8 heteroatoms. The summed E-state index contributed by atoms with van der Waals surface area (Å²) in [7, 11) is -3.79. The first kappa shape index (κ1) is 21.1. The fourth-order valence-corrected chi connectivity index (χ4v) is 4.93. The van der Waals surface area contributed by atoms with E-state index in [0.29, 0.717) is 11.3 Å². The van der Waals surface area contributed by atoms with Gasteiger partial charge in [0.25, 0.3) is 15.9 Å². The summed E-state index contributed by atoms with van der Waals surface area (Å²) in [6.07, 6.45) is 0. The van der Waals surface area contributed by atoms with E-state index in [1.807, 2.05) is 30.3 Å². The minimum absolute atomic E-state index is 0.106. The van der Waals surface area contributed by atoms with Gasteiger partial charge in [0, 0.05) is 28.1 Å². The molecule has 0 unspecified atom stereocenters. The largest absolute Gasteiger partial charge is 0.456 e. The molecule has 0 spiro atoms. The number of hydrogen-bond donors (Lipinski definition) is 2. The summed E-state index contributed by atoms with van der Waals surface area (Å²) < 4.78 is 33.4. The zero-order chi connectivity index (χ0) is 23.0. The van der Waals surface area contributed by atoms with E-state index in [1.165, 1.54) is 30.3 Å². The lowest BCUT2D eigenvalue weighted by molar-refractivity contribution is 0.102. The van der Waals surface area contributed by atoms with Crippen LogP contribution in [-0.2, 0) is 10.0 Å². The number of para-hydroxylation sites is 1. The van der Waals surface area contributed by atoms with Crippen LogP contribution >= 0.6 is 11.6 Å². The molecule has 0 radical (unpaired) electrons. The number of anilines is 2. The van der Waals surface area contributed by atoms with Gasteiger partial charge >= 0.3 is 0 Å². The molecule has 1 heterocycles. The molecule has 0 bridgehead atoms. The van der Waals surface area contributed by atoms with Gasteiger partial charge in [0.05, 0.1) is 15.6 Å². The van der Waals surface area contributed by atoms with Gasteiger partial charge in [0.2, 0.25) is 0 Å². The molecule has 0 saturated heterocycles. The smallest absolute Gasteiger partial charge is 0.261 e. The molecule has 5 rings (SSSR count). The predicted molar refractivity (Wildman–Crippen MR) is 130 cm³/mol. The maximum Gasteiger partial charge on any atom is 0.261 e. The second kappa shape index (κ2) is 8.27. The summed E-state index contributed by atoms with van der Waals surface area (Å²) in [5, 5.41) is 4.89. The minimum atomic E-state index is -3.79. The van der Waals surface area contributed by atoms with Crippen molar-refractivity contribution in [3.8, 4) is 0 Å². The van der Waals surface area contributed by atoms with Gasteiger partial charge in [0.15, 0.2) is 0 Å². The van der Waals surface area contributed by atoms with Crippen molar-refractivity contribution < 1.29 is 17.6 Å². The van der Waals surface area contributed by atoms with Crippen LogP contribution in [0.4, 0.5) is 11.4 Å². The monoisotopic (exact) mass is 476 g/mol. The zero-order valence-corrected chi connectivity index (χ0v) is 18.7. The van der Waals surface area contributed by atoms with Crippen molar-refractivity contribution in [2.75, 3.05) is 10.0 Å². The fraction of sp³-hybridized carbons (Fsp3) is 0. The molecule has 164 valence electrons. The lowest BCUT2D eigenvalue weighted by Crippen LogP contribution is -2.14. The van der Waals surface area contributed by atoms with Gasteiger partial charge in [-0.3, -0.25) is 9.52 Å². The highest BCUT2D eigenvalue weighted by atomic mass is 35.5. The van der Waals surface area contributed by atoms with Gasteiger partial charge in [-0.05, 0) is 48.5 Å². The van der Waals surface area contributed by atoms with Crippen LogP contribution in [0.1, 0.15) is 10.4 Å². The molecule has 0 atom stereocenters. The SMILES string of the molecule is O=C(Nc1ccc2c(c1)oc1ccccc12)c1ccc(NS(=O)(=O)c2ccccc2)c(Cl)c1. The Bertz CT molecular complexity index is 1610. The van der Waals surface area contributed by atoms with Crippen LogP contribution in [0.25, 0.3) is 21.9 Å². The summed E-state index contributed by atoms with van der Waals surface area (Å²) in [5.74, 6) is -0.384. The van der Waals surface area contributed by atoms with E-state index in [0.717, 1.165) is 16.4 Å². The third kappa shape index (κ3) is 4.16. The summed E-state index contributed by atoms with van der Waals surface area (Å²) in [6, 6.07) is 25.5. The van der Waals surface area contributed by atoms with Crippen LogP contribution in [0.5, 0.6) is 0 Å². The second-order valence-corrected chi connectivity index (χ2v) is 9.47. The number of rotatable bonds is 5. The average molecular weight is 477 g/mol. The van der Waals surface area contributed by atoms with Crippen LogP contribution in [-0.4, -0.2) is 14.3 Å². The molecule has 4 aromatic carbocycles. The van der Waals surface area contributed by atoms with E-state index in [2.05, 4.69) is 10.0 Å². The molecular formula is C25H17ClN2O4S. The molecule has 0 aliphatic carbocycles. The molecule has 0 saturated carbocycles. The number of carbonyl (C=O) groups excluding carboxylic acids is 1. The Kier molecular flexibility index (Phi) is 5.28. The number of fused-ring (bicyclic) bond motifs is 3. The van der Waals surface area contributed by atoms with E-state index in [9.17, 15) is 13.2 Å². The second-order valence-electron chi connectivity index (χ2n) is 7.38. The van der Waals surface area contributed by atoms with E-state index in [1.54, 1.807) is 30.3 Å². The van der Waals surface area contributed by atoms with E-state index >= 15 is 0 Å². The first-order chi connectivity index (χ1) is 15.9. The van der Waals surface area contributed by atoms with Gasteiger partial charge in [0.1, 0.15) is 11.2 Å². The van der Waals surface area contributed by atoms with Crippen molar-refractivity contribution in [3.05, 3.63) is 102 Å². The maximum absolute atomic E-state index is 12.8. The Hall–Kier alpha value is -3.81. The van der Waals surface area contributed by atoms with Crippen LogP contribution in [0.3, 0.4) is 0 Å². The summed E-state index contributed by atoms with van der Waals surface area (Å²) in [5.41, 5.74) is 2.47. The van der Waals surface area contributed by atoms with Gasteiger partial charge in [-0.25, -0.2) is 8.42 Å². The van der Waals surface area contributed by atoms with E-state index < -0.39 is 10.0 Å². The number of amides is 1. The molecule has 1 aromatic heterocycles. The number of carbonyl (C=O) groups is 1.